The van der Waals surface area contributed by atoms with E-state index in [2.05, 4.69) is 11.0 Å². The van der Waals surface area contributed by atoms with Crippen molar-refractivity contribution in [1.82, 2.24) is 4.90 Å². The van der Waals surface area contributed by atoms with Crippen LogP contribution in [0.15, 0.2) is 78.4 Å². The first-order valence-corrected chi connectivity index (χ1v) is 9.62. The monoisotopic (exact) mass is 389 g/mol. The Balaban J connectivity index is 1.98. The summed E-state index contributed by atoms with van der Waals surface area (Å²) in [6, 6.07) is 22.7. The lowest BCUT2D eigenvalue weighted by Gasteiger charge is -2.33. The highest BCUT2D eigenvalue weighted by Gasteiger charge is 2.32. The predicted molar refractivity (Wildman–Crippen MR) is 114 cm³/mol. The smallest absolute Gasteiger partial charge is 0.139 e. The Morgan fingerprint density at radius 1 is 0.931 bits per heavy atom. The van der Waals surface area contributed by atoms with Crippen LogP contribution in [0.1, 0.15) is 22.6 Å². The molecule has 3 aromatic rings. The van der Waals surface area contributed by atoms with E-state index in [4.69, 9.17) is 9.47 Å². The molecule has 29 heavy (non-hydrogen) atoms. The van der Waals surface area contributed by atoms with Gasteiger partial charge in [0.15, 0.2) is 0 Å². The lowest BCUT2D eigenvalue weighted by molar-refractivity contribution is 0.399. The average Bonchev–Trinajstić information content (AvgIpc) is 2.73. The lowest BCUT2D eigenvalue weighted by atomic mass is 9.81. The molecule has 0 saturated carbocycles. The third-order valence-electron chi connectivity index (χ3n) is 5.12. The van der Waals surface area contributed by atoms with E-state index >= 15 is 0 Å². The first-order valence-electron chi connectivity index (χ1n) is 9.62. The van der Waals surface area contributed by atoms with E-state index in [1.54, 1.807) is 7.11 Å². The zero-order chi connectivity index (χ0) is 20.4. The summed E-state index contributed by atoms with van der Waals surface area (Å²) in [6.07, 6.45) is 0. The molecule has 0 bridgehead atoms. The molecule has 0 radical (unpaired) electrons. The fourth-order valence-corrected chi connectivity index (χ4v) is 3.91. The zero-order valence-corrected chi connectivity index (χ0v) is 16.9. The van der Waals surface area contributed by atoms with Crippen molar-refractivity contribution in [2.75, 3.05) is 27.7 Å². The zero-order valence-electron chi connectivity index (χ0n) is 16.9. The van der Waals surface area contributed by atoms with Gasteiger partial charge in [-0.3, -0.25) is 0 Å². The quantitative estimate of drug-likeness (QED) is 0.589. The summed E-state index contributed by atoms with van der Waals surface area (Å²) in [4.78, 5) is 2.12. The second-order valence-electron chi connectivity index (χ2n) is 7.42. The minimum absolute atomic E-state index is 0.0390. The van der Waals surface area contributed by atoms with Crippen LogP contribution in [0.5, 0.6) is 11.5 Å². The van der Waals surface area contributed by atoms with Gasteiger partial charge in [0, 0.05) is 18.0 Å². The molecule has 0 N–H and O–H groups in total. The number of halogens is 1. The molecule has 0 saturated heterocycles. The lowest BCUT2D eigenvalue weighted by Crippen LogP contribution is -2.25. The van der Waals surface area contributed by atoms with Crippen LogP contribution in [-0.2, 0) is 0 Å². The van der Waals surface area contributed by atoms with E-state index in [1.165, 1.54) is 12.1 Å². The van der Waals surface area contributed by atoms with Crippen molar-refractivity contribution in [3.05, 3.63) is 101 Å². The number of likely N-dealkylation sites (N-methyl/N-ethyl adjacent to an activating group) is 1. The highest BCUT2D eigenvalue weighted by atomic mass is 19.1. The Labute approximate surface area is 171 Å². The van der Waals surface area contributed by atoms with Gasteiger partial charge in [0.2, 0.25) is 0 Å². The molecule has 4 rings (SSSR count). The van der Waals surface area contributed by atoms with Crippen LogP contribution in [-0.4, -0.2) is 32.6 Å². The highest BCUT2D eigenvalue weighted by molar-refractivity contribution is 5.75. The second kappa shape index (κ2) is 8.10. The number of hydrogen-bond donors (Lipinski definition) is 0. The Morgan fingerprint density at radius 3 is 2.34 bits per heavy atom. The van der Waals surface area contributed by atoms with Crippen LogP contribution in [0.3, 0.4) is 0 Å². The van der Waals surface area contributed by atoms with Gasteiger partial charge in [0.1, 0.15) is 23.1 Å². The molecule has 1 aliphatic rings. The van der Waals surface area contributed by atoms with E-state index < -0.39 is 0 Å². The number of fused-ring (bicyclic) bond motifs is 1. The van der Waals surface area contributed by atoms with Crippen molar-refractivity contribution in [2.24, 2.45) is 0 Å². The molecule has 0 aromatic heterocycles. The Kier molecular flexibility index (Phi) is 5.36. The minimum Gasteiger partial charge on any atom is -0.496 e. The van der Waals surface area contributed by atoms with Crippen LogP contribution in [0, 0.1) is 5.82 Å². The third-order valence-corrected chi connectivity index (χ3v) is 5.12. The maximum atomic E-state index is 13.6. The van der Waals surface area contributed by atoms with Crippen molar-refractivity contribution in [1.29, 1.82) is 0 Å². The topological polar surface area (TPSA) is 21.7 Å². The molecule has 0 spiro atoms. The summed E-state index contributed by atoms with van der Waals surface area (Å²) >= 11 is 0. The molecule has 3 aromatic carbocycles. The van der Waals surface area contributed by atoms with Crippen LogP contribution >= 0.6 is 0 Å². The number of benzene rings is 3. The molecule has 1 aliphatic heterocycles. The minimum atomic E-state index is -0.239. The molecule has 0 fully saturated rings. The van der Waals surface area contributed by atoms with Crippen molar-refractivity contribution < 1.29 is 13.9 Å². The SMILES string of the molecule is COc1ccccc1C1=C(CN(C)C)[C@H](c2ccc(F)cc2)c2ccccc2O1. The predicted octanol–water partition coefficient (Wildman–Crippen LogP) is 5.33. The molecule has 1 heterocycles. The van der Waals surface area contributed by atoms with Crippen molar-refractivity contribution >= 4 is 5.76 Å². The van der Waals surface area contributed by atoms with Crippen molar-refractivity contribution in [3.8, 4) is 11.5 Å². The number of hydrogen-bond acceptors (Lipinski definition) is 3. The second-order valence-corrected chi connectivity index (χ2v) is 7.42. The fourth-order valence-electron chi connectivity index (χ4n) is 3.91. The summed E-state index contributed by atoms with van der Waals surface area (Å²) in [5.74, 6) is 2.09. The molecule has 148 valence electrons. The van der Waals surface area contributed by atoms with Gasteiger partial charge in [0.25, 0.3) is 0 Å². The first kappa shape index (κ1) is 19.2. The van der Waals surface area contributed by atoms with E-state index in [0.717, 1.165) is 39.5 Å². The molecule has 1 atom stereocenters. The van der Waals surface area contributed by atoms with Gasteiger partial charge in [-0.2, -0.15) is 0 Å². The van der Waals surface area contributed by atoms with Crippen LogP contribution in [0.4, 0.5) is 4.39 Å². The van der Waals surface area contributed by atoms with E-state index in [-0.39, 0.29) is 11.7 Å². The molecule has 0 amide bonds. The molecule has 0 unspecified atom stereocenters. The first-order chi connectivity index (χ1) is 14.1. The van der Waals surface area contributed by atoms with E-state index in [0.29, 0.717) is 6.54 Å². The van der Waals surface area contributed by atoms with Crippen molar-refractivity contribution in [2.45, 2.75) is 5.92 Å². The van der Waals surface area contributed by atoms with Crippen molar-refractivity contribution in [3.63, 3.8) is 0 Å². The Bertz CT molecular complexity index is 1040. The molecule has 0 aliphatic carbocycles. The normalized spacial score (nSPS) is 15.8. The highest BCUT2D eigenvalue weighted by Crippen LogP contribution is 2.47. The number of ether oxygens (including phenoxy) is 2. The molecule has 3 nitrogen and oxygen atoms in total. The Hall–Kier alpha value is -3.11. The van der Waals surface area contributed by atoms with Crippen LogP contribution < -0.4 is 9.47 Å². The fraction of sp³-hybridized carbons (Fsp3) is 0.200. The summed E-state index contributed by atoms with van der Waals surface area (Å²) in [5, 5.41) is 0. The number of rotatable bonds is 5. The molecular formula is C25H24FNO2. The number of para-hydroxylation sites is 2. The van der Waals surface area contributed by atoms with E-state index in [1.807, 2.05) is 68.7 Å². The largest absolute Gasteiger partial charge is 0.496 e. The van der Waals surface area contributed by atoms with E-state index in [9.17, 15) is 4.39 Å². The summed E-state index contributed by atoms with van der Waals surface area (Å²) < 4.78 is 25.7. The third kappa shape index (κ3) is 3.76. The van der Waals surface area contributed by atoms with Gasteiger partial charge in [-0.05, 0) is 55.6 Å². The van der Waals surface area contributed by atoms with Crippen LogP contribution in [0.2, 0.25) is 0 Å². The summed E-state index contributed by atoms with van der Waals surface area (Å²) in [5.41, 5.74) is 4.14. The van der Waals surface area contributed by atoms with Gasteiger partial charge >= 0.3 is 0 Å². The maximum absolute atomic E-state index is 13.6. The maximum Gasteiger partial charge on any atom is 0.139 e. The molecule has 4 heteroatoms. The number of nitrogens with zero attached hydrogens (tertiary/aromatic N) is 1. The standard InChI is InChI=1S/C25H24FNO2/c1-27(2)16-21-24(17-12-14-18(26)15-13-17)19-8-4-7-11-23(19)29-25(21)20-9-5-6-10-22(20)28-3/h4-15,24H,16H2,1-3H3/t24-/m1/s1. The van der Waals surface area contributed by atoms with Gasteiger partial charge in [-0.25, -0.2) is 4.39 Å². The number of methoxy groups -OCH3 is 1. The van der Waals surface area contributed by atoms with Gasteiger partial charge in [-0.15, -0.1) is 0 Å². The summed E-state index contributed by atoms with van der Waals surface area (Å²) in [6.45, 7) is 0.698. The van der Waals surface area contributed by atoms with Gasteiger partial charge in [0.05, 0.1) is 12.7 Å². The average molecular weight is 389 g/mol. The van der Waals surface area contributed by atoms with Gasteiger partial charge in [-0.1, -0.05) is 42.5 Å². The Morgan fingerprint density at radius 2 is 1.62 bits per heavy atom. The van der Waals surface area contributed by atoms with Gasteiger partial charge < -0.3 is 14.4 Å². The molecular weight excluding hydrogens is 365 g/mol. The summed E-state index contributed by atoms with van der Waals surface area (Å²) in [7, 11) is 5.74. The van der Waals surface area contributed by atoms with Crippen LogP contribution in [0.25, 0.3) is 5.76 Å².